The monoisotopic (exact) mass is 314 g/mol. The molecule has 0 amide bonds. The predicted octanol–water partition coefficient (Wildman–Crippen LogP) is 5.02. The molecule has 2 atom stereocenters. The number of carbonyl (C=O) groups excluding carboxylic acids is 1. The first-order chi connectivity index (χ1) is 9.45. The van der Waals surface area contributed by atoms with Gasteiger partial charge < -0.3 is 4.74 Å². The molecule has 110 valence electrons. The van der Waals surface area contributed by atoms with Crippen molar-refractivity contribution in [3.63, 3.8) is 0 Å². The molecular weight excluding hydrogens is 295 g/mol. The summed E-state index contributed by atoms with van der Waals surface area (Å²) in [6.45, 7) is 4.55. The summed E-state index contributed by atoms with van der Waals surface area (Å²) in [4.78, 5) is 12.2. The Morgan fingerprint density at radius 3 is 2.50 bits per heavy atom. The van der Waals surface area contributed by atoms with E-state index in [2.05, 4.69) is 13.8 Å². The van der Waals surface area contributed by atoms with Gasteiger partial charge in [-0.2, -0.15) is 0 Å². The molecule has 2 rings (SSSR count). The van der Waals surface area contributed by atoms with Crippen molar-refractivity contribution < 1.29 is 9.53 Å². The number of ether oxygens (including phenoxy) is 1. The third kappa shape index (κ3) is 4.21. The van der Waals surface area contributed by atoms with Gasteiger partial charge in [-0.15, -0.1) is 0 Å². The van der Waals surface area contributed by atoms with Gasteiger partial charge in [0.2, 0.25) is 0 Å². The zero-order valence-corrected chi connectivity index (χ0v) is 13.4. The molecule has 1 aliphatic carbocycles. The second kappa shape index (κ2) is 6.93. The van der Waals surface area contributed by atoms with Crippen LogP contribution >= 0.6 is 23.2 Å². The molecule has 1 saturated carbocycles. The van der Waals surface area contributed by atoms with Crippen LogP contribution in [0.15, 0.2) is 18.2 Å². The average Bonchev–Trinajstić information content (AvgIpc) is 2.38. The number of halogens is 2. The number of hydrogen-bond acceptors (Lipinski definition) is 2. The Labute approximate surface area is 130 Å². The lowest BCUT2D eigenvalue weighted by Crippen LogP contribution is -2.28. The van der Waals surface area contributed by atoms with Crippen molar-refractivity contribution in [2.24, 2.45) is 11.8 Å². The third-order valence-corrected chi connectivity index (χ3v) is 4.38. The number of benzene rings is 1. The zero-order chi connectivity index (χ0) is 14.7. The van der Waals surface area contributed by atoms with Crippen LogP contribution < -0.4 is 0 Å². The first-order valence-corrected chi connectivity index (χ1v) is 7.81. The number of ketones is 1. The van der Waals surface area contributed by atoms with Crippen molar-refractivity contribution in [2.45, 2.75) is 39.2 Å². The van der Waals surface area contributed by atoms with Gasteiger partial charge >= 0.3 is 0 Å². The van der Waals surface area contributed by atoms with Crippen molar-refractivity contribution in [1.29, 1.82) is 0 Å². The number of carbonyl (C=O) groups is 1. The van der Waals surface area contributed by atoms with Crippen LogP contribution in [0, 0.1) is 11.8 Å². The fraction of sp³-hybridized carbons (Fsp3) is 0.562. The van der Waals surface area contributed by atoms with Crippen LogP contribution in [0.1, 0.15) is 43.5 Å². The molecule has 4 heteroatoms. The lowest BCUT2D eigenvalue weighted by Gasteiger charge is -2.31. The molecule has 2 unspecified atom stereocenters. The van der Waals surface area contributed by atoms with Gasteiger partial charge in [-0.3, -0.25) is 4.79 Å². The molecule has 2 nitrogen and oxygen atoms in total. The van der Waals surface area contributed by atoms with Gasteiger partial charge in [-0.1, -0.05) is 37.0 Å². The summed E-state index contributed by atoms with van der Waals surface area (Å²) in [6, 6.07) is 4.91. The predicted molar refractivity (Wildman–Crippen MR) is 82.7 cm³/mol. The van der Waals surface area contributed by atoms with E-state index < -0.39 is 0 Å². The summed E-state index contributed by atoms with van der Waals surface area (Å²) >= 11 is 11.9. The highest BCUT2D eigenvalue weighted by Gasteiger charge is 2.25. The molecule has 1 aliphatic rings. The minimum absolute atomic E-state index is 0.0736. The molecule has 0 radical (unpaired) electrons. The lowest BCUT2D eigenvalue weighted by molar-refractivity contribution is 0.00563. The fourth-order valence-electron chi connectivity index (χ4n) is 2.99. The maximum Gasteiger partial charge on any atom is 0.190 e. The van der Waals surface area contributed by atoms with Crippen LogP contribution in [0.3, 0.4) is 0 Å². The first kappa shape index (κ1) is 15.8. The summed E-state index contributed by atoms with van der Waals surface area (Å²) in [5.41, 5.74) is 0.441. The Hall–Kier alpha value is -0.570. The van der Waals surface area contributed by atoms with Gasteiger partial charge in [-0.25, -0.2) is 0 Å². The Kier molecular flexibility index (Phi) is 5.48. The van der Waals surface area contributed by atoms with E-state index in [4.69, 9.17) is 27.9 Å². The zero-order valence-electron chi connectivity index (χ0n) is 11.9. The van der Waals surface area contributed by atoms with Crippen LogP contribution in [-0.2, 0) is 4.74 Å². The molecule has 20 heavy (non-hydrogen) atoms. The summed E-state index contributed by atoms with van der Waals surface area (Å²) < 4.78 is 5.78. The third-order valence-electron chi connectivity index (χ3n) is 3.81. The second-order valence-electron chi connectivity index (χ2n) is 5.90. The maximum absolute atomic E-state index is 12.2. The minimum atomic E-state index is -0.108. The molecule has 1 aromatic rings. The largest absolute Gasteiger partial charge is 0.370 e. The molecule has 0 saturated heterocycles. The van der Waals surface area contributed by atoms with E-state index in [9.17, 15) is 4.79 Å². The van der Waals surface area contributed by atoms with Crippen LogP contribution in [0.5, 0.6) is 0 Å². The minimum Gasteiger partial charge on any atom is -0.370 e. The summed E-state index contributed by atoms with van der Waals surface area (Å²) in [7, 11) is 0. The quantitative estimate of drug-likeness (QED) is 0.729. The van der Waals surface area contributed by atoms with E-state index in [1.165, 1.54) is 6.42 Å². The standard InChI is InChI=1S/C16H20Cl2O2/c1-10-5-11(2)7-13(6-10)20-9-16(19)14-8-12(17)3-4-15(14)18/h3-4,8,10-11,13H,5-7,9H2,1-2H3. The van der Waals surface area contributed by atoms with Crippen molar-refractivity contribution >= 4 is 29.0 Å². The van der Waals surface area contributed by atoms with Gasteiger partial charge in [0.15, 0.2) is 5.78 Å². The number of Topliss-reactive ketones (excluding diaryl/α,β-unsaturated/α-hetero) is 1. The van der Waals surface area contributed by atoms with E-state index in [1.807, 2.05) is 0 Å². The molecular formula is C16H20Cl2O2. The average molecular weight is 315 g/mol. The molecule has 1 aromatic carbocycles. The fourth-order valence-corrected chi connectivity index (χ4v) is 3.39. The number of rotatable bonds is 4. The highest BCUT2D eigenvalue weighted by Crippen LogP contribution is 2.30. The second-order valence-corrected chi connectivity index (χ2v) is 6.74. The lowest BCUT2D eigenvalue weighted by atomic mass is 9.82. The molecule has 0 N–H and O–H groups in total. The Balaban J connectivity index is 1.93. The van der Waals surface area contributed by atoms with E-state index in [0.717, 1.165) is 12.8 Å². The summed E-state index contributed by atoms with van der Waals surface area (Å²) in [5, 5.41) is 0.936. The van der Waals surface area contributed by atoms with Gasteiger partial charge in [0.05, 0.1) is 11.1 Å². The van der Waals surface area contributed by atoms with E-state index in [-0.39, 0.29) is 18.5 Å². The Morgan fingerprint density at radius 1 is 1.20 bits per heavy atom. The molecule has 0 aromatic heterocycles. The molecule has 0 heterocycles. The maximum atomic E-state index is 12.2. The van der Waals surface area contributed by atoms with Crippen LogP contribution in [-0.4, -0.2) is 18.5 Å². The van der Waals surface area contributed by atoms with Gasteiger partial charge in [0.25, 0.3) is 0 Å². The van der Waals surface area contributed by atoms with Crippen molar-refractivity contribution in [2.75, 3.05) is 6.61 Å². The van der Waals surface area contributed by atoms with Crippen molar-refractivity contribution in [3.8, 4) is 0 Å². The van der Waals surface area contributed by atoms with Gasteiger partial charge in [0, 0.05) is 10.6 Å². The Bertz CT molecular complexity index is 477. The van der Waals surface area contributed by atoms with Crippen LogP contribution in [0.2, 0.25) is 10.0 Å². The molecule has 1 fully saturated rings. The SMILES string of the molecule is CC1CC(C)CC(OCC(=O)c2cc(Cl)ccc2Cl)C1. The van der Waals surface area contributed by atoms with E-state index in [1.54, 1.807) is 18.2 Å². The normalized spacial score (nSPS) is 26.5. The van der Waals surface area contributed by atoms with Crippen LogP contribution in [0.4, 0.5) is 0 Å². The van der Waals surface area contributed by atoms with Gasteiger partial charge in [0.1, 0.15) is 6.61 Å². The highest BCUT2D eigenvalue weighted by atomic mass is 35.5. The van der Waals surface area contributed by atoms with E-state index >= 15 is 0 Å². The summed E-state index contributed by atoms with van der Waals surface area (Å²) in [6.07, 6.45) is 3.48. The van der Waals surface area contributed by atoms with Crippen molar-refractivity contribution in [3.05, 3.63) is 33.8 Å². The van der Waals surface area contributed by atoms with Crippen LogP contribution in [0.25, 0.3) is 0 Å². The molecule has 0 aliphatic heterocycles. The molecule has 0 bridgehead atoms. The summed E-state index contributed by atoms with van der Waals surface area (Å²) in [5.74, 6) is 1.21. The topological polar surface area (TPSA) is 26.3 Å². The van der Waals surface area contributed by atoms with E-state index in [0.29, 0.717) is 27.4 Å². The first-order valence-electron chi connectivity index (χ1n) is 7.05. The Morgan fingerprint density at radius 2 is 1.85 bits per heavy atom. The van der Waals surface area contributed by atoms with Crippen molar-refractivity contribution in [1.82, 2.24) is 0 Å². The molecule has 0 spiro atoms. The highest BCUT2D eigenvalue weighted by molar-refractivity contribution is 6.35. The van der Waals surface area contributed by atoms with Gasteiger partial charge in [-0.05, 0) is 49.3 Å². The smallest absolute Gasteiger partial charge is 0.190 e. The number of hydrogen-bond donors (Lipinski definition) is 0.